The first-order valence-electron chi connectivity index (χ1n) is 11.6. The molecule has 0 unspecified atom stereocenters. The summed E-state index contributed by atoms with van der Waals surface area (Å²) >= 11 is -2.55. The monoisotopic (exact) mass is 518 g/mol. The fourth-order valence-corrected chi connectivity index (χ4v) is 19.4. The van der Waals surface area contributed by atoms with E-state index in [0.717, 1.165) is 11.1 Å². The van der Waals surface area contributed by atoms with E-state index in [4.69, 9.17) is 9.15 Å². The second-order valence-corrected chi connectivity index (χ2v) is 21.2. The number of carbonyl (C=O) groups excluding carboxylic acids is 1. The third-order valence-corrected chi connectivity index (χ3v) is 20.0. The molecule has 0 aliphatic heterocycles. The summed E-state index contributed by atoms with van der Waals surface area (Å²) in [4.78, 5) is 12.7. The Bertz CT molecular complexity index is 728. The Morgan fingerprint density at radius 1 is 0.900 bits per heavy atom. The van der Waals surface area contributed by atoms with Crippen molar-refractivity contribution in [1.82, 2.24) is 0 Å². The Kier molecular flexibility index (Phi) is 11.3. The van der Waals surface area contributed by atoms with Crippen molar-refractivity contribution in [1.29, 1.82) is 0 Å². The standard InChI is InChI=1S/C14H11O3.3C4H9.Sn/c1-11(12-6-3-2-4-7-12)10-13(15)17-14-8-5-9-16-14;3*1-3-4-2;/h1-9H,10H2;3*1,3-4H2,2H3;. The van der Waals surface area contributed by atoms with Crippen LogP contribution >= 0.6 is 0 Å². The van der Waals surface area contributed by atoms with E-state index in [1.165, 1.54) is 58.1 Å². The van der Waals surface area contributed by atoms with Gasteiger partial charge < -0.3 is 0 Å². The molecule has 30 heavy (non-hydrogen) atoms. The van der Waals surface area contributed by atoms with Crippen LogP contribution < -0.4 is 4.74 Å². The molecule has 0 saturated heterocycles. The molecular formula is C26H38O3Sn. The Labute approximate surface area is 186 Å². The van der Waals surface area contributed by atoms with Crippen LogP contribution in [0.15, 0.2) is 57.2 Å². The van der Waals surface area contributed by atoms with Crippen LogP contribution in [0.1, 0.15) is 71.3 Å². The maximum absolute atomic E-state index is 12.7. The van der Waals surface area contributed by atoms with Gasteiger partial charge in [-0.25, -0.2) is 0 Å². The van der Waals surface area contributed by atoms with Gasteiger partial charge in [0.05, 0.1) is 0 Å². The number of hydrogen-bond donors (Lipinski definition) is 0. The maximum atomic E-state index is 12.7. The minimum atomic E-state index is -2.55. The van der Waals surface area contributed by atoms with Crippen molar-refractivity contribution in [2.45, 2.75) is 79.0 Å². The number of hydrogen-bond acceptors (Lipinski definition) is 3. The molecular weight excluding hydrogens is 479 g/mol. The zero-order valence-corrected chi connectivity index (χ0v) is 21.8. The van der Waals surface area contributed by atoms with Crippen molar-refractivity contribution < 1.29 is 13.9 Å². The Morgan fingerprint density at radius 2 is 1.50 bits per heavy atom. The van der Waals surface area contributed by atoms with E-state index in [9.17, 15) is 4.79 Å². The molecule has 2 aromatic rings. The summed E-state index contributed by atoms with van der Waals surface area (Å²) in [7, 11) is 0. The molecule has 0 aliphatic carbocycles. The van der Waals surface area contributed by atoms with Gasteiger partial charge in [-0.2, -0.15) is 0 Å². The normalized spacial score (nSPS) is 12.2. The van der Waals surface area contributed by atoms with Crippen molar-refractivity contribution in [2.75, 3.05) is 0 Å². The Balaban J connectivity index is 2.37. The second kappa shape index (κ2) is 13.7. The molecule has 0 bridgehead atoms. The summed E-state index contributed by atoms with van der Waals surface area (Å²) in [5.74, 6) is 0.0202. The van der Waals surface area contributed by atoms with Crippen molar-refractivity contribution in [2.24, 2.45) is 0 Å². The van der Waals surface area contributed by atoms with Crippen molar-refractivity contribution in [3.8, 4) is 5.95 Å². The molecule has 3 nitrogen and oxygen atoms in total. The molecule has 0 fully saturated rings. The number of unbranched alkanes of at least 4 members (excludes halogenated alkanes) is 3. The molecule has 0 radical (unpaired) electrons. The molecule has 1 aromatic heterocycles. The molecule has 1 heterocycles. The molecule has 0 saturated carbocycles. The van der Waals surface area contributed by atoms with Crippen molar-refractivity contribution in [3.05, 3.63) is 58.4 Å². The van der Waals surface area contributed by atoms with E-state index in [2.05, 4.69) is 49.1 Å². The van der Waals surface area contributed by atoms with Gasteiger partial charge in [-0.1, -0.05) is 0 Å². The molecule has 2 rings (SSSR count). The Hall–Kier alpha value is -1.49. The van der Waals surface area contributed by atoms with Crippen LogP contribution in [0.4, 0.5) is 0 Å². The van der Waals surface area contributed by atoms with Gasteiger partial charge in [0, 0.05) is 0 Å². The summed E-state index contributed by atoms with van der Waals surface area (Å²) < 4.78 is 17.4. The molecule has 0 aliphatic rings. The van der Waals surface area contributed by atoms with E-state index in [1.807, 2.05) is 6.07 Å². The van der Waals surface area contributed by atoms with Crippen molar-refractivity contribution >= 4 is 29.9 Å². The summed E-state index contributed by atoms with van der Waals surface area (Å²) in [5.41, 5.74) is 2.31. The van der Waals surface area contributed by atoms with Crippen molar-refractivity contribution in [3.63, 3.8) is 0 Å². The number of benzene rings is 1. The SMILES string of the molecule is CCC[CH2][Sn](/[CH]=C(/CC(=O)Oc1ccco1)c1ccccc1)([CH2]CCC)[CH2]CCC. The third kappa shape index (κ3) is 8.33. The zero-order chi connectivity index (χ0) is 21.7. The number of furan rings is 1. The molecule has 1 aromatic carbocycles. The van der Waals surface area contributed by atoms with Gasteiger partial charge in [0.15, 0.2) is 0 Å². The van der Waals surface area contributed by atoms with Crippen LogP contribution in [-0.4, -0.2) is 24.3 Å². The second-order valence-electron chi connectivity index (χ2n) is 8.29. The minimum absolute atomic E-state index is 0.248. The van der Waals surface area contributed by atoms with E-state index in [-0.39, 0.29) is 11.9 Å². The number of carbonyl (C=O) groups is 1. The quantitative estimate of drug-likeness (QED) is 0.188. The fraction of sp³-hybridized carbons (Fsp3) is 0.500. The van der Waals surface area contributed by atoms with Crippen LogP contribution in [0.5, 0.6) is 5.95 Å². The van der Waals surface area contributed by atoms with Crippen LogP contribution in [-0.2, 0) is 4.79 Å². The molecule has 0 atom stereocenters. The average Bonchev–Trinajstić information content (AvgIpc) is 3.27. The first kappa shape index (κ1) is 24.8. The Morgan fingerprint density at radius 3 is 2.00 bits per heavy atom. The van der Waals surface area contributed by atoms with Gasteiger partial charge in [0.2, 0.25) is 0 Å². The molecule has 0 N–H and O–H groups in total. The predicted molar refractivity (Wildman–Crippen MR) is 128 cm³/mol. The number of rotatable bonds is 14. The predicted octanol–water partition coefficient (Wildman–Crippen LogP) is 8.05. The summed E-state index contributed by atoms with van der Waals surface area (Å²) in [6.07, 6.45) is 9.46. The average molecular weight is 517 g/mol. The van der Waals surface area contributed by atoms with E-state index >= 15 is 0 Å². The fourth-order valence-electron chi connectivity index (χ4n) is 4.06. The van der Waals surface area contributed by atoms with Gasteiger partial charge in [-0.05, 0) is 0 Å². The van der Waals surface area contributed by atoms with Gasteiger partial charge in [-0.3, -0.25) is 0 Å². The van der Waals surface area contributed by atoms with Gasteiger partial charge in [0.25, 0.3) is 0 Å². The summed E-state index contributed by atoms with van der Waals surface area (Å²) in [5, 5.41) is 0. The molecule has 0 spiro atoms. The van der Waals surface area contributed by atoms with E-state index < -0.39 is 18.4 Å². The number of ether oxygens (including phenoxy) is 1. The first-order valence-corrected chi connectivity index (χ1v) is 19.3. The zero-order valence-electron chi connectivity index (χ0n) is 19.0. The summed E-state index contributed by atoms with van der Waals surface area (Å²) in [6, 6.07) is 13.8. The van der Waals surface area contributed by atoms with Crippen LogP contribution in [0, 0.1) is 0 Å². The van der Waals surface area contributed by atoms with Gasteiger partial charge >= 0.3 is 187 Å². The van der Waals surface area contributed by atoms with Gasteiger partial charge in [0.1, 0.15) is 0 Å². The van der Waals surface area contributed by atoms with Crippen LogP contribution in [0.3, 0.4) is 0 Å². The molecule has 164 valence electrons. The first-order chi connectivity index (χ1) is 14.6. The van der Waals surface area contributed by atoms with Crippen LogP contribution in [0.25, 0.3) is 5.57 Å². The van der Waals surface area contributed by atoms with E-state index in [0.29, 0.717) is 6.42 Å². The number of esters is 1. The van der Waals surface area contributed by atoms with Gasteiger partial charge in [-0.15, -0.1) is 0 Å². The third-order valence-electron chi connectivity index (χ3n) is 5.75. The molecule has 4 heteroatoms. The van der Waals surface area contributed by atoms with Crippen LogP contribution in [0.2, 0.25) is 13.3 Å². The molecule has 0 amide bonds. The summed E-state index contributed by atoms with van der Waals surface area (Å²) in [6.45, 7) is 6.87. The topological polar surface area (TPSA) is 39.4 Å². The van der Waals surface area contributed by atoms with E-state index in [1.54, 1.807) is 12.1 Å².